The van der Waals surface area contributed by atoms with Crippen molar-refractivity contribution in [1.29, 1.82) is 0 Å². The van der Waals surface area contributed by atoms with E-state index in [4.69, 9.17) is 0 Å². The van der Waals surface area contributed by atoms with Gasteiger partial charge in [0, 0.05) is 23.5 Å². The van der Waals surface area contributed by atoms with E-state index in [2.05, 4.69) is 12.6 Å². The summed E-state index contributed by atoms with van der Waals surface area (Å²) >= 11 is 4.01. The van der Waals surface area contributed by atoms with Crippen LogP contribution in [-0.4, -0.2) is 23.9 Å². The third kappa shape index (κ3) is 2.86. The van der Waals surface area contributed by atoms with Crippen molar-refractivity contribution in [3.8, 4) is 0 Å². The van der Waals surface area contributed by atoms with Gasteiger partial charge in [-0.05, 0) is 43.9 Å². The van der Waals surface area contributed by atoms with Crippen LogP contribution in [0.1, 0.15) is 36.5 Å². The Balaban J connectivity index is 2.09. The molecule has 0 aliphatic heterocycles. The van der Waals surface area contributed by atoms with Crippen LogP contribution in [0, 0.1) is 11.7 Å². The molecule has 1 aromatic rings. The van der Waals surface area contributed by atoms with Gasteiger partial charge in [0.25, 0.3) is 5.91 Å². The number of hydrogen-bond acceptors (Lipinski definition) is 2. The van der Waals surface area contributed by atoms with Gasteiger partial charge < -0.3 is 4.90 Å². The molecular weight excluding hydrogens is 249 g/mol. The fourth-order valence-corrected chi connectivity index (χ4v) is 2.38. The molecule has 1 saturated carbocycles. The fourth-order valence-electron chi connectivity index (χ4n) is 2.17. The van der Waals surface area contributed by atoms with E-state index < -0.39 is 5.82 Å². The zero-order valence-electron chi connectivity index (χ0n) is 10.5. The Morgan fingerprint density at radius 1 is 1.50 bits per heavy atom. The molecule has 0 N–H and O–H groups in total. The van der Waals surface area contributed by atoms with Crippen LogP contribution in [0.25, 0.3) is 0 Å². The molecule has 0 heterocycles. The quantitative estimate of drug-likeness (QED) is 0.829. The Morgan fingerprint density at radius 2 is 2.22 bits per heavy atom. The summed E-state index contributed by atoms with van der Waals surface area (Å²) in [7, 11) is 0. The Hall–Kier alpha value is -1.03. The molecule has 2 nitrogen and oxygen atoms in total. The zero-order chi connectivity index (χ0) is 13.1. The minimum absolute atomic E-state index is 0.0281. The summed E-state index contributed by atoms with van der Waals surface area (Å²) in [6.07, 6.45) is 3.70. The second-order valence-corrected chi connectivity index (χ2v) is 5.29. The van der Waals surface area contributed by atoms with Gasteiger partial charge in [0.2, 0.25) is 0 Å². The van der Waals surface area contributed by atoms with Crippen molar-refractivity contribution in [3.63, 3.8) is 0 Å². The van der Waals surface area contributed by atoms with Crippen molar-refractivity contribution in [2.45, 2.75) is 31.1 Å². The van der Waals surface area contributed by atoms with Gasteiger partial charge in [-0.1, -0.05) is 6.42 Å². The van der Waals surface area contributed by atoms with Gasteiger partial charge in [0.15, 0.2) is 0 Å². The van der Waals surface area contributed by atoms with Gasteiger partial charge >= 0.3 is 0 Å². The van der Waals surface area contributed by atoms with Crippen LogP contribution in [0.2, 0.25) is 0 Å². The summed E-state index contributed by atoms with van der Waals surface area (Å²) in [6, 6.07) is 4.33. The van der Waals surface area contributed by atoms with Crippen molar-refractivity contribution < 1.29 is 9.18 Å². The molecule has 0 atom stereocenters. The standard InChI is InChI=1S/C14H18FNOS/c1-2-16(9-10-4-3-5-10)14(17)11-6-7-12(15)13(18)8-11/h6-8,10,18H,2-5,9H2,1H3. The van der Waals surface area contributed by atoms with Gasteiger partial charge in [0.1, 0.15) is 5.82 Å². The van der Waals surface area contributed by atoms with Crippen molar-refractivity contribution in [3.05, 3.63) is 29.6 Å². The minimum Gasteiger partial charge on any atom is -0.339 e. The number of halogens is 1. The Kier molecular flexibility index (Phi) is 4.27. The summed E-state index contributed by atoms with van der Waals surface area (Å²) in [6.45, 7) is 3.48. The third-order valence-corrected chi connectivity index (χ3v) is 3.91. The molecule has 0 unspecified atom stereocenters. The first kappa shape index (κ1) is 13.4. The highest BCUT2D eigenvalue weighted by molar-refractivity contribution is 7.80. The van der Waals surface area contributed by atoms with Crippen LogP contribution in [0.3, 0.4) is 0 Å². The molecule has 1 amide bonds. The lowest BCUT2D eigenvalue weighted by Gasteiger charge is -2.31. The highest BCUT2D eigenvalue weighted by Crippen LogP contribution is 2.27. The molecular formula is C14H18FNOS. The maximum absolute atomic E-state index is 13.1. The number of benzene rings is 1. The molecule has 0 saturated heterocycles. The smallest absolute Gasteiger partial charge is 0.253 e. The zero-order valence-corrected chi connectivity index (χ0v) is 11.4. The predicted molar refractivity (Wildman–Crippen MR) is 72.6 cm³/mol. The molecule has 1 aliphatic rings. The Morgan fingerprint density at radius 3 is 2.72 bits per heavy atom. The molecule has 18 heavy (non-hydrogen) atoms. The first-order chi connectivity index (χ1) is 8.61. The molecule has 98 valence electrons. The summed E-state index contributed by atoms with van der Waals surface area (Å²) in [5, 5.41) is 0. The summed E-state index contributed by atoms with van der Waals surface area (Å²) in [5.41, 5.74) is 0.516. The van der Waals surface area contributed by atoms with Crippen molar-refractivity contribution in [2.24, 2.45) is 5.92 Å². The lowest BCUT2D eigenvalue weighted by molar-refractivity contribution is 0.0706. The monoisotopic (exact) mass is 267 g/mol. The number of hydrogen-bond donors (Lipinski definition) is 1. The van der Waals surface area contributed by atoms with E-state index >= 15 is 0 Å². The molecule has 1 aliphatic carbocycles. The normalized spacial score (nSPS) is 15.3. The number of nitrogens with zero attached hydrogens (tertiary/aromatic N) is 1. The SMILES string of the molecule is CCN(CC1CCC1)C(=O)c1ccc(F)c(S)c1. The highest BCUT2D eigenvalue weighted by Gasteiger charge is 2.23. The third-order valence-electron chi connectivity index (χ3n) is 3.57. The van der Waals surface area contributed by atoms with E-state index in [0.717, 1.165) is 6.54 Å². The molecule has 0 bridgehead atoms. The van der Waals surface area contributed by atoms with Crippen molar-refractivity contribution in [2.75, 3.05) is 13.1 Å². The van der Waals surface area contributed by atoms with Gasteiger partial charge in [0.05, 0.1) is 0 Å². The summed E-state index contributed by atoms with van der Waals surface area (Å²) < 4.78 is 13.1. The summed E-state index contributed by atoms with van der Waals surface area (Å²) in [4.78, 5) is 14.3. The molecule has 0 radical (unpaired) electrons. The minimum atomic E-state index is -0.392. The summed E-state index contributed by atoms with van der Waals surface area (Å²) in [5.74, 6) is 0.224. The molecule has 4 heteroatoms. The highest BCUT2D eigenvalue weighted by atomic mass is 32.1. The van der Waals surface area contributed by atoms with Gasteiger partial charge in [-0.25, -0.2) is 4.39 Å². The Bertz CT molecular complexity index is 445. The van der Waals surface area contributed by atoms with E-state index in [0.29, 0.717) is 18.0 Å². The van der Waals surface area contributed by atoms with Crippen molar-refractivity contribution in [1.82, 2.24) is 4.90 Å². The van der Waals surface area contributed by atoms with Gasteiger partial charge in [-0.3, -0.25) is 4.79 Å². The van der Waals surface area contributed by atoms with Crippen LogP contribution >= 0.6 is 12.6 Å². The average molecular weight is 267 g/mol. The molecule has 1 aromatic carbocycles. The predicted octanol–water partition coefficient (Wildman–Crippen LogP) is 3.38. The van der Waals surface area contributed by atoms with Crippen LogP contribution in [0.15, 0.2) is 23.1 Å². The lowest BCUT2D eigenvalue weighted by atomic mass is 9.85. The first-order valence-electron chi connectivity index (χ1n) is 6.39. The molecule has 0 aromatic heterocycles. The number of rotatable bonds is 4. The molecule has 0 spiro atoms. The Labute approximate surface area is 113 Å². The van der Waals surface area contributed by atoms with E-state index in [1.165, 1.54) is 37.5 Å². The van der Waals surface area contributed by atoms with Crippen molar-refractivity contribution >= 4 is 18.5 Å². The van der Waals surface area contributed by atoms with Crippen LogP contribution < -0.4 is 0 Å². The number of thiol groups is 1. The van der Waals surface area contributed by atoms with Crippen LogP contribution in [0.4, 0.5) is 4.39 Å². The average Bonchev–Trinajstić information content (AvgIpc) is 2.31. The first-order valence-corrected chi connectivity index (χ1v) is 6.84. The second kappa shape index (κ2) is 5.74. The van der Waals surface area contributed by atoms with Gasteiger partial charge in [-0.15, -0.1) is 12.6 Å². The number of carbonyl (C=O) groups is 1. The van der Waals surface area contributed by atoms with Crippen LogP contribution in [-0.2, 0) is 0 Å². The fraction of sp³-hybridized carbons (Fsp3) is 0.500. The largest absolute Gasteiger partial charge is 0.339 e. The topological polar surface area (TPSA) is 20.3 Å². The van der Waals surface area contributed by atoms with E-state index in [-0.39, 0.29) is 10.8 Å². The molecule has 2 rings (SSSR count). The molecule has 1 fully saturated rings. The van der Waals surface area contributed by atoms with Crippen LogP contribution in [0.5, 0.6) is 0 Å². The van der Waals surface area contributed by atoms with E-state index in [1.54, 1.807) is 0 Å². The van der Waals surface area contributed by atoms with Gasteiger partial charge in [-0.2, -0.15) is 0 Å². The number of amides is 1. The maximum atomic E-state index is 13.1. The number of carbonyl (C=O) groups excluding carboxylic acids is 1. The maximum Gasteiger partial charge on any atom is 0.253 e. The lowest BCUT2D eigenvalue weighted by Crippen LogP contribution is -2.37. The van der Waals surface area contributed by atoms with E-state index in [9.17, 15) is 9.18 Å². The second-order valence-electron chi connectivity index (χ2n) is 4.81. The van der Waals surface area contributed by atoms with E-state index in [1.807, 2.05) is 11.8 Å².